The van der Waals surface area contributed by atoms with Gasteiger partial charge in [0.1, 0.15) is 5.75 Å². The van der Waals surface area contributed by atoms with Crippen LogP contribution in [0.2, 0.25) is 0 Å². The van der Waals surface area contributed by atoms with Crippen molar-refractivity contribution in [2.45, 2.75) is 19.4 Å². The second kappa shape index (κ2) is 5.98. The second-order valence-corrected chi connectivity index (χ2v) is 6.44. The van der Waals surface area contributed by atoms with E-state index in [1.165, 1.54) is 15.8 Å². The minimum absolute atomic E-state index is 0.331. The summed E-state index contributed by atoms with van der Waals surface area (Å²) in [5.41, 5.74) is 2.59. The van der Waals surface area contributed by atoms with Crippen LogP contribution in [0.5, 0.6) is 5.75 Å². The molecule has 2 aliphatic heterocycles. The number of ether oxygens (including phenoxy) is 1. The predicted octanol–water partition coefficient (Wildman–Crippen LogP) is 1.19. The average Bonchev–Trinajstić information content (AvgIpc) is 3.20. The van der Waals surface area contributed by atoms with Crippen molar-refractivity contribution in [1.82, 2.24) is 14.7 Å². The summed E-state index contributed by atoms with van der Waals surface area (Å²) < 4.78 is 12.1. The monoisotopic (exact) mass is 330 g/mol. The molecule has 0 saturated carbocycles. The Labute approximate surface area is 140 Å². The summed E-state index contributed by atoms with van der Waals surface area (Å²) in [7, 11) is 1.60. The smallest absolute Gasteiger partial charge is 0.438 e. The lowest BCUT2D eigenvalue weighted by Crippen LogP contribution is -2.47. The van der Waals surface area contributed by atoms with E-state index in [4.69, 9.17) is 9.15 Å². The predicted molar refractivity (Wildman–Crippen MR) is 89.6 cm³/mol. The summed E-state index contributed by atoms with van der Waals surface area (Å²) in [5.74, 6) is 0.618. The van der Waals surface area contributed by atoms with Crippen LogP contribution in [0.25, 0.3) is 0 Å². The number of benzene rings is 1. The van der Waals surface area contributed by atoms with Gasteiger partial charge < -0.3 is 14.1 Å². The highest BCUT2D eigenvalue weighted by molar-refractivity contribution is 5.41. The van der Waals surface area contributed by atoms with E-state index in [1.54, 1.807) is 7.05 Å². The first kappa shape index (κ1) is 15.3. The first-order valence-electron chi connectivity index (χ1n) is 8.40. The number of hydrogen-bond donors (Lipinski definition) is 0. The zero-order valence-corrected chi connectivity index (χ0v) is 14.1. The molecule has 0 radical (unpaired) electrons. The minimum atomic E-state index is -0.418. The van der Waals surface area contributed by atoms with Gasteiger partial charge in [0, 0.05) is 45.7 Å². The van der Waals surface area contributed by atoms with Crippen molar-refractivity contribution in [1.29, 1.82) is 0 Å². The lowest BCUT2D eigenvalue weighted by molar-refractivity contribution is 0.195. The van der Waals surface area contributed by atoms with Crippen LogP contribution >= 0.6 is 0 Å². The molecule has 1 aromatic carbocycles. The molecular weight excluding hydrogens is 308 g/mol. The van der Waals surface area contributed by atoms with Crippen LogP contribution in [0.15, 0.2) is 27.4 Å². The second-order valence-electron chi connectivity index (χ2n) is 6.44. The van der Waals surface area contributed by atoms with Gasteiger partial charge in [0.25, 0.3) is 0 Å². The van der Waals surface area contributed by atoms with Crippen LogP contribution in [0.3, 0.4) is 0 Å². The van der Waals surface area contributed by atoms with Crippen molar-refractivity contribution in [3.05, 3.63) is 39.9 Å². The molecule has 24 heavy (non-hydrogen) atoms. The maximum absolute atomic E-state index is 11.4. The van der Waals surface area contributed by atoms with Gasteiger partial charge in [0.05, 0.1) is 6.61 Å². The average molecular weight is 330 g/mol. The molecule has 0 N–H and O–H groups in total. The van der Waals surface area contributed by atoms with E-state index in [-0.39, 0.29) is 0 Å². The first-order chi connectivity index (χ1) is 11.6. The van der Waals surface area contributed by atoms with Gasteiger partial charge >= 0.3 is 11.8 Å². The topological polar surface area (TPSA) is 63.7 Å². The number of aryl methyl sites for hydroxylation is 1. The van der Waals surface area contributed by atoms with Crippen molar-refractivity contribution >= 4 is 6.01 Å². The van der Waals surface area contributed by atoms with Crippen molar-refractivity contribution in [2.24, 2.45) is 7.05 Å². The van der Waals surface area contributed by atoms with E-state index in [9.17, 15) is 4.79 Å². The van der Waals surface area contributed by atoms with Crippen LogP contribution in [-0.4, -0.2) is 47.5 Å². The molecule has 3 heterocycles. The lowest BCUT2D eigenvalue weighted by Gasteiger charge is -2.37. The number of piperazine rings is 1. The number of anilines is 1. The van der Waals surface area contributed by atoms with Crippen LogP contribution < -0.4 is 15.4 Å². The quantitative estimate of drug-likeness (QED) is 0.842. The molecular formula is C17H22N4O3. The SMILES string of the molecule is CC(c1ccc2c(c1)OCC2)N1CCN(c2nn(C)c(=O)o2)CC1. The third-order valence-corrected chi connectivity index (χ3v) is 5.01. The molecule has 128 valence electrons. The van der Waals surface area contributed by atoms with E-state index >= 15 is 0 Å². The summed E-state index contributed by atoms with van der Waals surface area (Å²) in [6, 6.07) is 7.32. The fourth-order valence-electron chi connectivity index (χ4n) is 3.42. The van der Waals surface area contributed by atoms with Gasteiger partial charge in [-0.25, -0.2) is 4.79 Å². The van der Waals surface area contributed by atoms with Gasteiger partial charge in [0.15, 0.2) is 0 Å². The van der Waals surface area contributed by atoms with Gasteiger partial charge in [-0.15, -0.1) is 5.10 Å². The summed E-state index contributed by atoms with van der Waals surface area (Å²) in [6.45, 7) is 6.42. The Kier molecular flexibility index (Phi) is 3.80. The van der Waals surface area contributed by atoms with Crippen LogP contribution in [0.4, 0.5) is 6.01 Å². The number of rotatable bonds is 3. The molecule has 4 rings (SSSR count). The third kappa shape index (κ3) is 2.69. The summed E-state index contributed by atoms with van der Waals surface area (Å²) >= 11 is 0. The molecule has 1 aromatic heterocycles. The summed E-state index contributed by atoms with van der Waals surface area (Å²) in [4.78, 5) is 15.9. The highest BCUT2D eigenvalue weighted by Crippen LogP contribution is 2.31. The van der Waals surface area contributed by atoms with Crippen molar-refractivity contribution in [2.75, 3.05) is 37.7 Å². The molecule has 7 nitrogen and oxygen atoms in total. The molecule has 2 aromatic rings. The molecule has 1 fully saturated rings. The number of aromatic nitrogens is 2. The third-order valence-electron chi connectivity index (χ3n) is 5.01. The molecule has 0 amide bonds. The molecule has 2 aliphatic rings. The fourth-order valence-corrected chi connectivity index (χ4v) is 3.42. The van der Waals surface area contributed by atoms with Crippen molar-refractivity contribution in [3.63, 3.8) is 0 Å². The normalized spacial score (nSPS) is 19.2. The Morgan fingerprint density at radius 1 is 1.21 bits per heavy atom. The molecule has 1 saturated heterocycles. The van der Waals surface area contributed by atoms with Crippen LogP contribution in [-0.2, 0) is 13.5 Å². The Bertz CT molecular complexity index is 789. The first-order valence-corrected chi connectivity index (χ1v) is 8.40. The van der Waals surface area contributed by atoms with Gasteiger partial charge in [-0.2, -0.15) is 4.68 Å². The zero-order valence-electron chi connectivity index (χ0n) is 14.1. The van der Waals surface area contributed by atoms with E-state index in [0.717, 1.165) is 45.0 Å². The summed E-state index contributed by atoms with van der Waals surface area (Å²) in [5, 5.41) is 4.13. The summed E-state index contributed by atoms with van der Waals surface area (Å²) in [6.07, 6.45) is 1.01. The number of fused-ring (bicyclic) bond motifs is 1. The maximum Gasteiger partial charge on any atom is 0.438 e. The lowest BCUT2D eigenvalue weighted by atomic mass is 10.0. The Morgan fingerprint density at radius 3 is 2.71 bits per heavy atom. The molecule has 0 spiro atoms. The zero-order chi connectivity index (χ0) is 16.7. The Balaban J connectivity index is 1.42. The van der Waals surface area contributed by atoms with Gasteiger partial charge in [0.2, 0.25) is 0 Å². The van der Waals surface area contributed by atoms with E-state index in [2.05, 4.69) is 35.1 Å². The van der Waals surface area contributed by atoms with E-state index in [1.807, 2.05) is 4.90 Å². The highest BCUT2D eigenvalue weighted by Gasteiger charge is 2.25. The standard InChI is InChI=1S/C17H22N4O3/c1-12(14-4-3-13-5-10-23-15(13)11-14)20-6-8-21(9-7-20)16-18-19(2)17(22)24-16/h3-4,11-12H,5-10H2,1-2H3. The van der Waals surface area contributed by atoms with Crippen LogP contribution in [0.1, 0.15) is 24.1 Å². The van der Waals surface area contributed by atoms with E-state index < -0.39 is 5.76 Å². The molecule has 0 aliphatic carbocycles. The molecule has 0 bridgehead atoms. The van der Waals surface area contributed by atoms with Gasteiger partial charge in [-0.3, -0.25) is 4.90 Å². The number of hydrogen-bond acceptors (Lipinski definition) is 6. The van der Waals surface area contributed by atoms with Crippen molar-refractivity contribution in [3.8, 4) is 5.75 Å². The van der Waals surface area contributed by atoms with Crippen molar-refractivity contribution < 1.29 is 9.15 Å². The Hall–Kier alpha value is -2.28. The molecule has 1 unspecified atom stereocenters. The highest BCUT2D eigenvalue weighted by atomic mass is 16.5. The maximum atomic E-state index is 11.4. The van der Waals surface area contributed by atoms with Gasteiger partial charge in [-0.1, -0.05) is 12.1 Å². The van der Waals surface area contributed by atoms with Gasteiger partial charge in [-0.05, 0) is 24.1 Å². The largest absolute Gasteiger partial charge is 0.493 e. The van der Waals surface area contributed by atoms with E-state index in [0.29, 0.717) is 12.1 Å². The minimum Gasteiger partial charge on any atom is -0.493 e. The van der Waals surface area contributed by atoms with Crippen LogP contribution in [0, 0.1) is 0 Å². The Morgan fingerprint density at radius 2 is 2.00 bits per heavy atom. The fraction of sp³-hybridized carbons (Fsp3) is 0.529. The molecule has 1 atom stereocenters. The molecule has 7 heteroatoms. The number of nitrogens with zero attached hydrogens (tertiary/aromatic N) is 4.